The molecular weight excluding hydrogens is 631 g/mol. The molecule has 1 aliphatic carbocycles. The van der Waals surface area contributed by atoms with Crippen LogP contribution in [0.15, 0.2) is 48.8 Å². The van der Waals surface area contributed by atoms with E-state index in [-0.39, 0.29) is 34.8 Å². The van der Waals surface area contributed by atoms with Crippen LogP contribution in [0.2, 0.25) is 0 Å². The Kier molecular flexibility index (Phi) is 9.38. The Balaban J connectivity index is 1.24. The monoisotopic (exact) mass is 670 g/mol. The number of aromatic nitrogens is 4. The summed E-state index contributed by atoms with van der Waals surface area (Å²) in [7, 11) is -2.96. The van der Waals surface area contributed by atoms with Gasteiger partial charge in [-0.25, -0.2) is 9.55 Å². The van der Waals surface area contributed by atoms with Gasteiger partial charge in [0, 0.05) is 5.39 Å². The Morgan fingerprint density at radius 1 is 1.19 bits per heavy atom. The number of fused-ring (bicyclic) bond motifs is 2. The molecule has 2 aromatic carbocycles. The van der Waals surface area contributed by atoms with Crippen molar-refractivity contribution < 1.29 is 42.8 Å². The highest BCUT2D eigenvalue weighted by molar-refractivity contribution is 7.52. The maximum atomic E-state index is 14.4. The number of nitrogens with one attached hydrogen (secondary N) is 1. The van der Waals surface area contributed by atoms with Crippen LogP contribution in [0, 0.1) is 0 Å². The molecule has 0 radical (unpaired) electrons. The summed E-state index contributed by atoms with van der Waals surface area (Å²) in [5.74, 6) is -0.312. The van der Waals surface area contributed by atoms with Crippen molar-refractivity contribution in [2.45, 2.75) is 82.1 Å². The minimum absolute atomic E-state index is 0.0945. The van der Waals surface area contributed by atoms with E-state index in [4.69, 9.17) is 29.0 Å². The molecular formula is C31H39N6O9P. The molecule has 2 fully saturated rings. The van der Waals surface area contributed by atoms with Crippen LogP contribution in [-0.4, -0.2) is 79.4 Å². The van der Waals surface area contributed by atoms with Crippen LogP contribution >= 0.6 is 7.75 Å². The maximum absolute atomic E-state index is 14.4. The number of aliphatic hydroxyl groups is 2. The van der Waals surface area contributed by atoms with Crippen LogP contribution < -0.4 is 20.1 Å². The number of ether oxygens (including phenoxy) is 3. The maximum Gasteiger partial charge on any atom is 0.459 e. The number of imidazole rings is 1. The zero-order valence-corrected chi connectivity index (χ0v) is 27.2. The van der Waals surface area contributed by atoms with Crippen molar-refractivity contribution in [1.29, 1.82) is 0 Å². The summed E-state index contributed by atoms with van der Waals surface area (Å²) in [6.07, 6.45) is 1.79. The summed E-state index contributed by atoms with van der Waals surface area (Å²) in [6, 6.07) is 11.6. The number of nitrogen functional groups attached to an aromatic ring is 1. The zero-order chi connectivity index (χ0) is 33.3. The van der Waals surface area contributed by atoms with E-state index in [9.17, 15) is 19.6 Å². The summed E-state index contributed by atoms with van der Waals surface area (Å²) in [5, 5.41) is 26.8. The SMILES string of the molecule is COc1nc(N)nc2c1ncn2[C@@H]1O[C@H](COP(=O)(N[C@H](C)C(=O)OC2CCCCC2)Oc2cccc3ccccc23)[C@@H](O)[C@@]1(C)O. The predicted molar refractivity (Wildman–Crippen MR) is 171 cm³/mol. The van der Waals surface area contributed by atoms with E-state index < -0.39 is 50.4 Å². The molecule has 1 saturated heterocycles. The van der Waals surface area contributed by atoms with Gasteiger partial charge >= 0.3 is 13.7 Å². The summed E-state index contributed by atoms with van der Waals surface area (Å²) in [4.78, 5) is 25.6. The average Bonchev–Trinajstić information content (AvgIpc) is 3.57. The van der Waals surface area contributed by atoms with Crippen molar-refractivity contribution >= 4 is 41.6 Å². The van der Waals surface area contributed by atoms with Crippen molar-refractivity contribution in [1.82, 2.24) is 24.6 Å². The van der Waals surface area contributed by atoms with Crippen LogP contribution in [0.3, 0.4) is 0 Å². The van der Waals surface area contributed by atoms with Crippen LogP contribution in [0.25, 0.3) is 21.9 Å². The molecule has 4 aromatic rings. The first kappa shape index (κ1) is 33.1. The second kappa shape index (κ2) is 13.3. The molecule has 3 heterocycles. The number of carbonyl (C=O) groups excluding carboxylic acids is 1. The van der Waals surface area contributed by atoms with Crippen molar-refractivity contribution in [2.24, 2.45) is 0 Å². The molecule has 5 N–H and O–H groups in total. The number of aliphatic hydroxyl groups excluding tert-OH is 1. The van der Waals surface area contributed by atoms with Gasteiger partial charge in [0.25, 0.3) is 0 Å². The van der Waals surface area contributed by atoms with E-state index in [0.29, 0.717) is 5.39 Å². The highest BCUT2D eigenvalue weighted by Crippen LogP contribution is 2.48. The van der Waals surface area contributed by atoms with E-state index in [2.05, 4.69) is 20.0 Å². The molecule has 0 bridgehead atoms. The first-order valence-electron chi connectivity index (χ1n) is 15.5. The molecule has 1 unspecified atom stereocenters. The number of benzene rings is 2. The second-order valence-electron chi connectivity index (χ2n) is 12.0. The van der Waals surface area contributed by atoms with Gasteiger partial charge in [-0.15, -0.1) is 0 Å². The molecule has 2 aliphatic rings. The third-order valence-electron chi connectivity index (χ3n) is 8.52. The van der Waals surface area contributed by atoms with E-state index in [1.54, 1.807) is 12.1 Å². The van der Waals surface area contributed by atoms with Crippen LogP contribution in [-0.2, 0) is 23.4 Å². The van der Waals surface area contributed by atoms with Gasteiger partial charge in [-0.05, 0) is 51.0 Å². The summed E-state index contributed by atoms with van der Waals surface area (Å²) < 4.78 is 44.8. The smallest absolute Gasteiger partial charge is 0.459 e. The molecule has 0 amide bonds. The molecule has 6 atom stereocenters. The number of esters is 1. The Hall–Kier alpha value is -3.85. The van der Waals surface area contributed by atoms with E-state index in [0.717, 1.165) is 37.5 Å². The number of nitrogens with zero attached hydrogens (tertiary/aromatic N) is 4. The lowest BCUT2D eigenvalue weighted by Gasteiger charge is -2.28. The fraction of sp³-hybridized carbons (Fsp3) is 0.484. The molecule has 252 valence electrons. The molecule has 0 spiro atoms. The van der Waals surface area contributed by atoms with Crippen molar-refractivity contribution in [2.75, 3.05) is 19.5 Å². The van der Waals surface area contributed by atoms with Gasteiger partial charge in [0.2, 0.25) is 11.8 Å². The molecule has 15 nitrogen and oxygen atoms in total. The summed E-state index contributed by atoms with van der Waals surface area (Å²) in [6.45, 7) is 2.39. The number of rotatable bonds is 11. The minimum Gasteiger partial charge on any atom is -0.479 e. The van der Waals surface area contributed by atoms with Crippen LogP contribution in [0.4, 0.5) is 5.95 Å². The third kappa shape index (κ3) is 6.77. The molecule has 6 rings (SSSR count). The Labute approximate surface area is 270 Å². The number of nitrogens with two attached hydrogens (primary N) is 1. The van der Waals surface area contributed by atoms with Gasteiger partial charge in [-0.1, -0.05) is 42.8 Å². The van der Waals surface area contributed by atoms with Gasteiger partial charge in [0.05, 0.1) is 20.0 Å². The number of methoxy groups -OCH3 is 1. The third-order valence-corrected chi connectivity index (χ3v) is 10.2. The predicted octanol–water partition coefficient (Wildman–Crippen LogP) is 3.64. The fourth-order valence-corrected chi connectivity index (χ4v) is 7.52. The standard InChI is InChI=1S/C31H39N6O9P/c1-18(28(39)44-20-12-5-4-6-13-20)36-47(41,46-22-15-9-11-19-10-7-8-14-21(19)22)43-16-23-25(38)31(2,40)29(45-23)37-17-33-24-26(37)34-30(32)35-27(24)42-3/h7-11,14-15,17-18,20,23,25,29,38,40H,4-6,12-13,16H2,1-3H3,(H,36,41)(H2,32,34,35)/t18-,23-,25-,29-,31-,47?/m1/s1. The average molecular weight is 671 g/mol. The van der Waals surface area contributed by atoms with Gasteiger partial charge < -0.3 is 34.7 Å². The number of carbonyl (C=O) groups is 1. The minimum atomic E-state index is -4.36. The van der Waals surface area contributed by atoms with Crippen LogP contribution in [0.5, 0.6) is 11.6 Å². The lowest BCUT2D eigenvalue weighted by molar-refractivity contribution is -0.152. The molecule has 47 heavy (non-hydrogen) atoms. The lowest BCUT2D eigenvalue weighted by Crippen LogP contribution is -2.44. The Bertz CT molecular complexity index is 1790. The molecule has 16 heteroatoms. The number of anilines is 1. The lowest BCUT2D eigenvalue weighted by atomic mass is 9.96. The summed E-state index contributed by atoms with van der Waals surface area (Å²) in [5.41, 5.74) is 4.43. The van der Waals surface area contributed by atoms with Gasteiger partial charge in [0.15, 0.2) is 17.4 Å². The van der Waals surface area contributed by atoms with E-state index >= 15 is 0 Å². The highest BCUT2D eigenvalue weighted by atomic mass is 31.2. The number of hydrogen-bond donors (Lipinski definition) is 4. The first-order valence-corrected chi connectivity index (χ1v) is 17.0. The fourth-order valence-electron chi connectivity index (χ4n) is 6.00. The van der Waals surface area contributed by atoms with E-state index in [1.807, 2.05) is 30.3 Å². The van der Waals surface area contributed by atoms with Gasteiger partial charge in [-0.3, -0.25) is 13.9 Å². The van der Waals surface area contributed by atoms with Crippen molar-refractivity contribution in [3.8, 4) is 11.6 Å². The molecule has 1 saturated carbocycles. The highest BCUT2D eigenvalue weighted by Gasteiger charge is 2.54. The molecule has 1 aliphatic heterocycles. The van der Waals surface area contributed by atoms with E-state index in [1.165, 1.54) is 31.9 Å². The quantitative estimate of drug-likeness (QED) is 0.133. The Morgan fingerprint density at radius 3 is 2.70 bits per heavy atom. The van der Waals surface area contributed by atoms with Crippen molar-refractivity contribution in [3.63, 3.8) is 0 Å². The van der Waals surface area contributed by atoms with Crippen LogP contribution in [0.1, 0.15) is 52.2 Å². The normalized spacial score (nSPS) is 25.4. The van der Waals surface area contributed by atoms with Gasteiger partial charge in [-0.2, -0.15) is 15.1 Å². The largest absolute Gasteiger partial charge is 0.479 e. The van der Waals surface area contributed by atoms with Gasteiger partial charge in [0.1, 0.15) is 35.7 Å². The first-order chi connectivity index (χ1) is 22.5. The zero-order valence-electron chi connectivity index (χ0n) is 26.3. The molecule has 2 aromatic heterocycles. The summed E-state index contributed by atoms with van der Waals surface area (Å²) >= 11 is 0. The van der Waals surface area contributed by atoms with Crippen molar-refractivity contribution in [3.05, 3.63) is 48.8 Å². The topological polar surface area (TPSA) is 202 Å². The Morgan fingerprint density at radius 2 is 1.94 bits per heavy atom. The number of hydrogen-bond acceptors (Lipinski definition) is 13. The second-order valence-corrected chi connectivity index (χ2v) is 13.7.